The Morgan fingerprint density at radius 3 is 3.15 bits per heavy atom. The molecular formula is C11H13NS. The van der Waals surface area contributed by atoms with Gasteiger partial charge >= 0.3 is 0 Å². The number of thioether (sulfide) groups is 1. The molecule has 1 aromatic rings. The Kier molecular flexibility index (Phi) is 2.42. The van der Waals surface area contributed by atoms with Crippen LogP contribution in [0.5, 0.6) is 0 Å². The van der Waals surface area contributed by atoms with Crippen molar-refractivity contribution in [2.75, 3.05) is 5.75 Å². The average Bonchev–Trinajstić information content (AvgIpc) is 2.18. The molecule has 0 bridgehead atoms. The molecule has 0 saturated heterocycles. The molecule has 2 rings (SSSR count). The van der Waals surface area contributed by atoms with E-state index in [1.807, 2.05) is 17.8 Å². The molecule has 1 aliphatic rings. The maximum Gasteiger partial charge on any atom is 0.0314 e. The highest BCUT2D eigenvalue weighted by molar-refractivity contribution is 7.99. The van der Waals surface area contributed by atoms with Crippen LogP contribution in [0.3, 0.4) is 0 Å². The zero-order valence-electron chi connectivity index (χ0n) is 7.49. The minimum atomic E-state index is 0.219. The van der Waals surface area contributed by atoms with Crippen molar-refractivity contribution in [1.29, 1.82) is 0 Å². The summed E-state index contributed by atoms with van der Waals surface area (Å²) in [5.74, 6) is 1.14. The lowest BCUT2D eigenvalue weighted by molar-refractivity contribution is 0.680. The molecule has 1 nitrogen and oxygen atoms in total. The van der Waals surface area contributed by atoms with Crippen LogP contribution in [-0.4, -0.2) is 5.75 Å². The lowest BCUT2D eigenvalue weighted by Crippen LogP contribution is -2.15. The minimum Gasteiger partial charge on any atom is -0.324 e. The monoisotopic (exact) mass is 191 g/mol. The molecule has 1 aromatic carbocycles. The van der Waals surface area contributed by atoms with Gasteiger partial charge in [0.25, 0.3) is 0 Å². The first-order valence-corrected chi connectivity index (χ1v) is 5.44. The maximum atomic E-state index is 6.02. The van der Waals surface area contributed by atoms with E-state index < -0.39 is 0 Å². The van der Waals surface area contributed by atoms with Gasteiger partial charge in [-0.25, -0.2) is 0 Å². The molecule has 2 N–H and O–H groups in total. The summed E-state index contributed by atoms with van der Waals surface area (Å²) in [7, 11) is 0. The highest BCUT2D eigenvalue weighted by Gasteiger charge is 2.16. The molecule has 0 fully saturated rings. The van der Waals surface area contributed by atoms with E-state index in [2.05, 4.69) is 24.8 Å². The third-order valence-electron chi connectivity index (χ3n) is 2.36. The van der Waals surface area contributed by atoms with E-state index in [1.165, 1.54) is 10.5 Å². The van der Waals surface area contributed by atoms with Crippen molar-refractivity contribution in [2.45, 2.75) is 17.4 Å². The Labute approximate surface area is 83.0 Å². The van der Waals surface area contributed by atoms with Gasteiger partial charge in [-0.05, 0) is 35.4 Å². The van der Waals surface area contributed by atoms with Crippen molar-refractivity contribution >= 4 is 17.8 Å². The number of rotatable bonds is 1. The lowest BCUT2D eigenvalue weighted by atomic mass is 10.0. The van der Waals surface area contributed by atoms with Gasteiger partial charge in [-0.3, -0.25) is 0 Å². The van der Waals surface area contributed by atoms with Gasteiger partial charge in [0.1, 0.15) is 0 Å². The Hall–Kier alpha value is -0.730. The predicted molar refractivity (Wildman–Crippen MR) is 58.8 cm³/mol. The van der Waals surface area contributed by atoms with Crippen LogP contribution in [0.15, 0.2) is 29.7 Å². The summed E-state index contributed by atoms with van der Waals surface area (Å²) in [5.41, 5.74) is 8.47. The molecule has 1 atom stereocenters. The summed E-state index contributed by atoms with van der Waals surface area (Å²) in [4.78, 5) is 1.34. The zero-order valence-corrected chi connectivity index (χ0v) is 8.31. The highest BCUT2D eigenvalue weighted by atomic mass is 32.2. The molecule has 0 radical (unpaired) electrons. The molecule has 0 aromatic heterocycles. The first-order chi connectivity index (χ1) is 6.31. The van der Waals surface area contributed by atoms with Crippen molar-refractivity contribution < 1.29 is 0 Å². The molecule has 13 heavy (non-hydrogen) atoms. The zero-order chi connectivity index (χ0) is 9.26. The molecular weight excluding hydrogens is 178 g/mol. The van der Waals surface area contributed by atoms with Crippen molar-refractivity contribution in [3.05, 3.63) is 35.9 Å². The van der Waals surface area contributed by atoms with Crippen molar-refractivity contribution in [2.24, 2.45) is 5.73 Å². The van der Waals surface area contributed by atoms with Crippen molar-refractivity contribution in [1.82, 2.24) is 0 Å². The topological polar surface area (TPSA) is 26.0 Å². The predicted octanol–water partition coefficient (Wildman–Crippen LogP) is 2.83. The number of fused-ring (bicyclic) bond motifs is 1. The van der Waals surface area contributed by atoms with Gasteiger partial charge in [-0.1, -0.05) is 18.7 Å². The third-order valence-corrected chi connectivity index (χ3v) is 3.48. The van der Waals surface area contributed by atoms with Crippen molar-refractivity contribution in [3.63, 3.8) is 0 Å². The first kappa shape index (κ1) is 8.85. The quantitative estimate of drug-likeness (QED) is 0.738. The molecule has 0 amide bonds. The maximum absolute atomic E-state index is 6.02. The summed E-state index contributed by atoms with van der Waals surface area (Å²) < 4.78 is 0. The fourth-order valence-corrected chi connectivity index (χ4v) is 2.70. The van der Waals surface area contributed by atoms with E-state index in [0.717, 1.165) is 17.7 Å². The largest absolute Gasteiger partial charge is 0.324 e. The van der Waals surface area contributed by atoms with Crippen molar-refractivity contribution in [3.8, 4) is 0 Å². The Morgan fingerprint density at radius 1 is 1.54 bits per heavy atom. The van der Waals surface area contributed by atoms with Gasteiger partial charge in [-0.2, -0.15) is 0 Å². The summed E-state index contributed by atoms with van der Waals surface area (Å²) in [6.45, 7) is 3.76. The molecule has 1 aliphatic heterocycles. The second kappa shape index (κ2) is 3.56. The lowest BCUT2D eigenvalue weighted by Gasteiger charge is -2.21. The van der Waals surface area contributed by atoms with Crippen LogP contribution in [0.1, 0.15) is 23.6 Å². The summed E-state index contributed by atoms with van der Waals surface area (Å²) in [6.07, 6.45) is 2.95. The number of hydrogen-bond donors (Lipinski definition) is 1. The van der Waals surface area contributed by atoms with E-state index >= 15 is 0 Å². The van der Waals surface area contributed by atoms with Crippen LogP contribution in [0, 0.1) is 0 Å². The van der Waals surface area contributed by atoms with Crippen LogP contribution < -0.4 is 5.73 Å². The molecule has 0 saturated carbocycles. The molecule has 1 heterocycles. The minimum absolute atomic E-state index is 0.219. The normalized spacial score (nSPS) is 20.8. The number of benzene rings is 1. The second-order valence-electron chi connectivity index (χ2n) is 3.25. The smallest absolute Gasteiger partial charge is 0.0314 e. The Morgan fingerprint density at radius 2 is 2.38 bits per heavy atom. The van der Waals surface area contributed by atoms with E-state index in [-0.39, 0.29) is 6.04 Å². The summed E-state index contributed by atoms with van der Waals surface area (Å²) in [6, 6.07) is 6.61. The molecule has 2 heteroatoms. The number of hydrogen-bond acceptors (Lipinski definition) is 2. The van der Waals surface area contributed by atoms with E-state index in [9.17, 15) is 0 Å². The molecule has 0 unspecified atom stereocenters. The van der Waals surface area contributed by atoms with Gasteiger partial charge < -0.3 is 5.73 Å². The van der Waals surface area contributed by atoms with Gasteiger partial charge in [0.05, 0.1) is 0 Å². The van der Waals surface area contributed by atoms with Gasteiger partial charge in [0.2, 0.25) is 0 Å². The van der Waals surface area contributed by atoms with E-state index in [4.69, 9.17) is 5.73 Å². The molecule has 68 valence electrons. The fourth-order valence-electron chi connectivity index (χ4n) is 1.57. The van der Waals surface area contributed by atoms with Gasteiger partial charge in [-0.15, -0.1) is 11.8 Å². The molecule has 0 spiro atoms. The van der Waals surface area contributed by atoms with E-state index in [1.54, 1.807) is 0 Å². The van der Waals surface area contributed by atoms with Gasteiger partial charge in [0.15, 0.2) is 0 Å². The standard InChI is InChI=1S/C11H13NS/c1-2-8-3-4-11-9(7-8)10(12)5-6-13-11/h2-4,7,10H,1,5-6,12H2/t10-/m1/s1. The van der Waals surface area contributed by atoms with Crippen LogP contribution in [0.4, 0.5) is 0 Å². The highest BCUT2D eigenvalue weighted by Crippen LogP contribution is 2.35. The van der Waals surface area contributed by atoms with Crippen LogP contribution >= 0.6 is 11.8 Å². The second-order valence-corrected chi connectivity index (χ2v) is 4.38. The Bertz CT molecular complexity index is 333. The van der Waals surface area contributed by atoms with E-state index in [0.29, 0.717) is 0 Å². The fraction of sp³-hybridized carbons (Fsp3) is 0.273. The first-order valence-electron chi connectivity index (χ1n) is 4.46. The number of nitrogens with two attached hydrogens (primary N) is 1. The average molecular weight is 191 g/mol. The third kappa shape index (κ3) is 1.64. The van der Waals surface area contributed by atoms with Gasteiger partial charge in [0, 0.05) is 10.9 Å². The summed E-state index contributed by atoms with van der Waals surface area (Å²) >= 11 is 1.90. The van der Waals surface area contributed by atoms with Crippen LogP contribution in [0.2, 0.25) is 0 Å². The van der Waals surface area contributed by atoms with Crippen LogP contribution in [0.25, 0.3) is 6.08 Å². The van der Waals surface area contributed by atoms with Crippen LogP contribution in [-0.2, 0) is 0 Å². The summed E-state index contributed by atoms with van der Waals surface area (Å²) in [5, 5.41) is 0. The SMILES string of the molecule is C=Cc1ccc2c(c1)[C@H](N)CCS2. The molecule has 0 aliphatic carbocycles. The Balaban J connectivity index is 2.46.